The van der Waals surface area contributed by atoms with Gasteiger partial charge in [-0.2, -0.15) is 0 Å². The minimum absolute atomic E-state index is 0.169. The van der Waals surface area contributed by atoms with Crippen LogP contribution in [-0.2, 0) is 9.47 Å². The lowest BCUT2D eigenvalue weighted by atomic mass is 9.95. The Morgan fingerprint density at radius 1 is 0.818 bits per heavy atom. The fraction of sp³-hybridized carbons (Fsp3) is 0.176. The van der Waals surface area contributed by atoms with Crippen LogP contribution in [0, 0.1) is 0 Å². The Balaban J connectivity index is 2.63. The van der Waals surface area contributed by atoms with Crippen LogP contribution in [0.5, 0.6) is 5.75 Å². The van der Waals surface area contributed by atoms with E-state index in [2.05, 4.69) is 0 Å². The Labute approximate surface area is 128 Å². The predicted octanol–water partition coefficient (Wildman–Crippen LogP) is 2.94. The second-order valence-corrected chi connectivity index (χ2v) is 4.44. The lowest BCUT2D eigenvalue weighted by molar-refractivity contribution is 0.0556. The molecular weight excluding hydrogens is 284 g/mol. The summed E-state index contributed by atoms with van der Waals surface area (Å²) in [5.41, 5.74) is 1.72. The molecule has 0 unspecified atom stereocenters. The molecule has 0 atom stereocenters. The monoisotopic (exact) mass is 300 g/mol. The van der Waals surface area contributed by atoms with E-state index >= 15 is 0 Å². The van der Waals surface area contributed by atoms with E-state index in [4.69, 9.17) is 14.2 Å². The fourth-order valence-corrected chi connectivity index (χ4v) is 2.17. The van der Waals surface area contributed by atoms with Gasteiger partial charge in [0, 0.05) is 0 Å². The molecule has 0 saturated carbocycles. The first-order chi connectivity index (χ1) is 10.6. The Bertz CT molecular complexity index is 689. The largest absolute Gasteiger partial charge is 0.497 e. The maximum atomic E-state index is 12.1. The van der Waals surface area contributed by atoms with Crippen LogP contribution in [0.4, 0.5) is 0 Å². The van der Waals surface area contributed by atoms with Gasteiger partial charge in [-0.25, -0.2) is 9.59 Å². The maximum Gasteiger partial charge on any atom is 0.339 e. The van der Waals surface area contributed by atoms with Crippen molar-refractivity contribution in [2.45, 2.75) is 0 Å². The SMILES string of the molecule is COC(=O)c1cccc(-c2ccc(OC)cc2)c1C(=O)OC. The van der Waals surface area contributed by atoms with Gasteiger partial charge in [-0.1, -0.05) is 24.3 Å². The lowest BCUT2D eigenvalue weighted by Gasteiger charge is -2.12. The van der Waals surface area contributed by atoms with Crippen molar-refractivity contribution >= 4 is 11.9 Å². The van der Waals surface area contributed by atoms with Gasteiger partial charge in [0.2, 0.25) is 0 Å². The van der Waals surface area contributed by atoms with E-state index in [1.807, 2.05) is 12.1 Å². The van der Waals surface area contributed by atoms with Crippen molar-refractivity contribution in [3.63, 3.8) is 0 Å². The van der Waals surface area contributed by atoms with E-state index in [0.717, 1.165) is 5.56 Å². The molecule has 0 heterocycles. The summed E-state index contributed by atoms with van der Waals surface area (Å²) in [4.78, 5) is 24.0. The van der Waals surface area contributed by atoms with Crippen molar-refractivity contribution in [2.24, 2.45) is 0 Å². The predicted molar refractivity (Wildman–Crippen MR) is 81.1 cm³/mol. The number of esters is 2. The third-order valence-corrected chi connectivity index (χ3v) is 3.26. The molecule has 22 heavy (non-hydrogen) atoms. The lowest BCUT2D eigenvalue weighted by Crippen LogP contribution is -2.13. The molecule has 0 N–H and O–H groups in total. The van der Waals surface area contributed by atoms with E-state index in [-0.39, 0.29) is 11.1 Å². The Morgan fingerprint density at radius 2 is 1.45 bits per heavy atom. The van der Waals surface area contributed by atoms with Gasteiger partial charge < -0.3 is 14.2 Å². The van der Waals surface area contributed by atoms with Crippen LogP contribution in [0.25, 0.3) is 11.1 Å². The zero-order valence-corrected chi connectivity index (χ0v) is 12.6. The van der Waals surface area contributed by atoms with Crippen LogP contribution < -0.4 is 4.74 Å². The summed E-state index contributed by atoms with van der Waals surface area (Å²) in [7, 11) is 4.12. The molecule has 0 amide bonds. The molecule has 0 aromatic heterocycles. The molecule has 114 valence electrons. The topological polar surface area (TPSA) is 61.8 Å². The van der Waals surface area contributed by atoms with Gasteiger partial charge in [-0.05, 0) is 29.3 Å². The number of ether oxygens (including phenoxy) is 3. The van der Waals surface area contributed by atoms with Gasteiger partial charge >= 0.3 is 11.9 Å². The normalized spacial score (nSPS) is 9.95. The minimum Gasteiger partial charge on any atom is -0.497 e. The fourth-order valence-electron chi connectivity index (χ4n) is 2.17. The highest BCUT2D eigenvalue weighted by atomic mass is 16.5. The number of carbonyl (C=O) groups is 2. The van der Waals surface area contributed by atoms with Crippen molar-refractivity contribution in [1.29, 1.82) is 0 Å². The van der Waals surface area contributed by atoms with E-state index < -0.39 is 11.9 Å². The Kier molecular flexibility index (Phi) is 4.78. The molecule has 2 aromatic rings. The maximum absolute atomic E-state index is 12.1. The molecule has 2 aromatic carbocycles. The van der Waals surface area contributed by atoms with Crippen LogP contribution in [0.1, 0.15) is 20.7 Å². The van der Waals surface area contributed by atoms with Gasteiger partial charge in [0.1, 0.15) is 5.75 Å². The standard InChI is InChI=1S/C17H16O5/c1-20-12-9-7-11(8-10-12)13-5-4-6-14(16(18)21-2)15(13)17(19)22-3/h4-10H,1-3H3. The highest BCUT2D eigenvalue weighted by Gasteiger charge is 2.22. The first kappa shape index (κ1) is 15.6. The van der Waals surface area contributed by atoms with Gasteiger partial charge in [-0.3, -0.25) is 0 Å². The summed E-state index contributed by atoms with van der Waals surface area (Å²) in [5, 5.41) is 0. The zero-order valence-electron chi connectivity index (χ0n) is 12.6. The first-order valence-electron chi connectivity index (χ1n) is 6.56. The second kappa shape index (κ2) is 6.76. The third-order valence-electron chi connectivity index (χ3n) is 3.26. The number of methoxy groups -OCH3 is 3. The molecular formula is C17H16O5. The molecule has 2 rings (SSSR count). The van der Waals surface area contributed by atoms with E-state index in [0.29, 0.717) is 11.3 Å². The number of hydrogen-bond acceptors (Lipinski definition) is 5. The average Bonchev–Trinajstić information content (AvgIpc) is 2.59. The molecule has 5 nitrogen and oxygen atoms in total. The van der Waals surface area contributed by atoms with Crippen molar-refractivity contribution in [3.05, 3.63) is 53.6 Å². The molecule has 0 radical (unpaired) electrons. The van der Waals surface area contributed by atoms with Gasteiger partial charge in [0.25, 0.3) is 0 Å². The number of hydrogen-bond donors (Lipinski definition) is 0. The smallest absolute Gasteiger partial charge is 0.339 e. The van der Waals surface area contributed by atoms with Gasteiger partial charge in [-0.15, -0.1) is 0 Å². The number of benzene rings is 2. The van der Waals surface area contributed by atoms with Crippen LogP contribution in [-0.4, -0.2) is 33.3 Å². The van der Waals surface area contributed by atoms with Crippen LogP contribution >= 0.6 is 0 Å². The molecule has 0 spiro atoms. The molecule has 0 aliphatic rings. The zero-order chi connectivity index (χ0) is 16.1. The molecule has 0 fully saturated rings. The summed E-state index contributed by atoms with van der Waals surface area (Å²) in [6.45, 7) is 0. The van der Waals surface area contributed by atoms with Gasteiger partial charge in [0.05, 0.1) is 32.5 Å². The van der Waals surface area contributed by atoms with Gasteiger partial charge in [0.15, 0.2) is 0 Å². The van der Waals surface area contributed by atoms with Crippen LogP contribution in [0.15, 0.2) is 42.5 Å². The summed E-state index contributed by atoms with van der Waals surface area (Å²) in [6, 6.07) is 12.1. The Morgan fingerprint density at radius 3 is 2.00 bits per heavy atom. The molecule has 5 heteroatoms. The molecule has 0 saturated heterocycles. The second-order valence-electron chi connectivity index (χ2n) is 4.44. The summed E-state index contributed by atoms with van der Waals surface area (Å²) in [6.07, 6.45) is 0. The first-order valence-corrected chi connectivity index (χ1v) is 6.56. The van der Waals surface area contributed by atoms with Crippen LogP contribution in [0.2, 0.25) is 0 Å². The number of rotatable bonds is 4. The van der Waals surface area contributed by atoms with Crippen LogP contribution in [0.3, 0.4) is 0 Å². The minimum atomic E-state index is -0.591. The quantitative estimate of drug-likeness (QED) is 0.812. The number of carbonyl (C=O) groups excluding carboxylic acids is 2. The van der Waals surface area contributed by atoms with E-state index in [9.17, 15) is 9.59 Å². The molecule has 0 bridgehead atoms. The summed E-state index contributed by atoms with van der Waals surface area (Å²) < 4.78 is 14.7. The summed E-state index contributed by atoms with van der Waals surface area (Å²) >= 11 is 0. The molecule has 0 aliphatic heterocycles. The van der Waals surface area contributed by atoms with Crippen molar-refractivity contribution < 1.29 is 23.8 Å². The molecule has 0 aliphatic carbocycles. The summed E-state index contributed by atoms with van der Waals surface area (Å²) in [5.74, 6) is -0.477. The van der Waals surface area contributed by atoms with Crippen molar-refractivity contribution in [2.75, 3.05) is 21.3 Å². The Hall–Kier alpha value is -2.82. The average molecular weight is 300 g/mol. The van der Waals surface area contributed by atoms with Crippen molar-refractivity contribution in [3.8, 4) is 16.9 Å². The highest BCUT2D eigenvalue weighted by Crippen LogP contribution is 2.29. The van der Waals surface area contributed by atoms with E-state index in [1.165, 1.54) is 20.3 Å². The third kappa shape index (κ3) is 2.93. The van der Waals surface area contributed by atoms with E-state index in [1.54, 1.807) is 31.4 Å². The van der Waals surface area contributed by atoms with Crippen molar-refractivity contribution in [1.82, 2.24) is 0 Å². The highest BCUT2D eigenvalue weighted by molar-refractivity contribution is 6.07.